The first-order valence-corrected chi connectivity index (χ1v) is 6.48. The molecule has 7 nitrogen and oxygen atoms in total. The van der Waals surface area contributed by atoms with Crippen molar-refractivity contribution in [2.45, 2.75) is 32.7 Å². The van der Waals surface area contributed by atoms with Crippen LogP contribution < -0.4 is 21.5 Å². The molecule has 0 aromatic carbocycles. The molecular formula is C12H20N6O. The Hall–Kier alpha value is -1.89. The second-order valence-electron chi connectivity index (χ2n) is 4.65. The van der Waals surface area contributed by atoms with Gasteiger partial charge in [0, 0.05) is 31.6 Å². The molecule has 2 heterocycles. The lowest BCUT2D eigenvalue weighted by atomic mass is 10.2. The minimum atomic E-state index is 0.00886. The summed E-state index contributed by atoms with van der Waals surface area (Å²) < 4.78 is 0. The molecule has 19 heavy (non-hydrogen) atoms. The number of nitrogens with zero attached hydrogens (tertiary/aromatic N) is 3. The molecule has 1 aromatic heterocycles. The number of aromatic nitrogens is 2. The fourth-order valence-electron chi connectivity index (χ4n) is 2.48. The van der Waals surface area contributed by atoms with Gasteiger partial charge < -0.3 is 15.6 Å². The predicted molar refractivity (Wildman–Crippen MR) is 73.7 cm³/mol. The molecule has 2 rings (SSSR count). The van der Waals surface area contributed by atoms with Gasteiger partial charge in [0.15, 0.2) is 0 Å². The van der Waals surface area contributed by atoms with Crippen LogP contribution in [0.1, 0.15) is 25.8 Å². The van der Waals surface area contributed by atoms with E-state index in [1.165, 1.54) is 6.33 Å². The van der Waals surface area contributed by atoms with Crippen molar-refractivity contribution in [3.05, 3.63) is 11.9 Å². The van der Waals surface area contributed by atoms with Crippen molar-refractivity contribution < 1.29 is 4.79 Å². The van der Waals surface area contributed by atoms with Crippen LogP contribution in [-0.4, -0.2) is 35.0 Å². The van der Waals surface area contributed by atoms with E-state index < -0.39 is 0 Å². The Labute approximate surface area is 112 Å². The lowest BCUT2D eigenvalue weighted by molar-refractivity contribution is -0.119. The van der Waals surface area contributed by atoms with Crippen LogP contribution in [0.2, 0.25) is 0 Å². The molecule has 0 saturated carbocycles. The number of hydrogen-bond donors (Lipinski definition) is 3. The summed E-state index contributed by atoms with van der Waals surface area (Å²) in [7, 11) is 0. The highest BCUT2D eigenvalue weighted by molar-refractivity contribution is 5.73. The van der Waals surface area contributed by atoms with Gasteiger partial charge in [-0.1, -0.05) is 6.92 Å². The number of nitrogens with one attached hydrogen (secondary N) is 2. The first-order chi connectivity index (χ1) is 9.15. The predicted octanol–water partition coefficient (Wildman–Crippen LogP) is 0.0394. The number of amides is 1. The molecule has 0 radical (unpaired) electrons. The first kappa shape index (κ1) is 13.5. The van der Waals surface area contributed by atoms with Gasteiger partial charge in [0.1, 0.15) is 18.0 Å². The highest BCUT2D eigenvalue weighted by atomic mass is 16.1. The van der Waals surface area contributed by atoms with Crippen molar-refractivity contribution in [1.82, 2.24) is 15.3 Å². The van der Waals surface area contributed by atoms with Crippen LogP contribution in [0.4, 0.5) is 11.6 Å². The number of nitrogen functional groups attached to an aromatic ring is 1. The average Bonchev–Trinajstić information content (AvgIpc) is 2.85. The van der Waals surface area contributed by atoms with Gasteiger partial charge in [0.05, 0.1) is 0 Å². The molecule has 1 atom stereocenters. The molecule has 1 aliphatic rings. The number of rotatable bonds is 4. The van der Waals surface area contributed by atoms with Crippen molar-refractivity contribution in [3.8, 4) is 0 Å². The van der Waals surface area contributed by atoms with Gasteiger partial charge in [-0.25, -0.2) is 15.8 Å². The molecule has 0 aliphatic carbocycles. The number of nitrogens with two attached hydrogens (primary N) is 1. The number of carbonyl (C=O) groups excluding carboxylic acids is 1. The van der Waals surface area contributed by atoms with Gasteiger partial charge in [-0.15, -0.1) is 0 Å². The Bertz CT molecular complexity index is 464. The molecular weight excluding hydrogens is 244 g/mol. The van der Waals surface area contributed by atoms with Crippen LogP contribution in [0, 0.1) is 0 Å². The first-order valence-electron chi connectivity index (χ1n) is 6.48. The molecule has 1 aliphatic heterocycles. The normalized spacial score (nSPS) is 18.5. The van der Waals surface area contributed by atoms with Crippen LogP contribution in [-0.2, 0) is 11.2 Å². The second kappa shape index (κ2) is 5.83. The summed E-state index contributed by atoms with van der Waals surface area (Å²) in [6, 6.07) is 0.187. The minimum Gasteiger partial charge on any atom is -0.354 e. The molecule has 1 unspecified atom stereocenters. The van der Waals surface area contributed by atoms with Gasteiger partial charge >= 0.3 is 0 Å². The Morgan fingerprint density at radius 1 is 1.58 bits per heavy atom. The monoisotopic (exact) mass is 264 g/mol. The maximum Gasteiger partial charge on any atom is 0.217 e. The zero-order chi connectivity index (χ0) is 13.8. The van der Waals surface area contributed by atoms with Crippen LogP contribution >= 0.6 is 0 Å². The Balaban J connectivity index is 2.17. The van der Waals surface area contributed by atoms with Crippen LogP contribution in [0.15, 0.2) is 6.33 Å². The highest BCUT2D eigenvalue weighted by Gasteiger charge is 2.26. The number of anilines is 2. The number of hydrazine groups is 1. The quantitative estimate of drug-likeness (QED) is 0.525. The molecule has 0 bridgehead atoms. The summed E-state index contributed by atoms with van der Waals surface area (Å²) in [5, 5.41) is 2.94. The van der Waals surface area contributed by atoms with Crippen molar-refractivity contribution in [3.63, 3.8) is 0 Å². The summed E-state index contributed by atoms with van der Waals surface area (Å²) >= 11 is 0. The van der Waals surface area contributed by atoms with Crippen molar-refractivity contribution in [1.29, 1.82) is 0 Å². The van der Waals surface area contributed by atoms with E-state index in [1.807, 2.05) is 6.92 Å². The summed E-state index contributed by atoms with van der Waals surface area (Å²) in [5.41, 5.74) is 3.61. The third-order valence-electron chi connectivity index (χ3n) is 3.31. The zero-order valence-corrected chi connectivity index (χ0v) is 11.3. The standard InChI is InChI=1S/C12H20N6O/c1-3-10-11(17-13)14-7-15-12(10)18-5-4-9(6-18)16-8(2)19/h7,9H,3-6,13H2,1-2H3,(H,16,19)(H,14,15,17). The zero-order valence-electron chi connectivity index (χ0n) is 11.3. The van der Waals surface area contributed by atoms with Gasteiger partial charge in [0.25, 0.3) is 0 Å². The van der Waals surface area contributed by atoms with E-state index in [0.717, 1.165) is 37.3 Å². The SMILES string of the molecule is CCc1c(NN)ncnc1N1CCC(NC(C)=O)C1. The lowest BCUT2D eigenvalue weighted by Gasteiger charge is -2.21. The second-order valence-corrected chi connectivity index (χ2v) is 4.65. The summed E-state index contributed by atoms with van der Waals surface area (Å²) in [5.74, 6) is 7.04. The third kappa shape index (κ3) is 2.93. The smallest absolute Gasteiger partial charge is 0.217 e. The van der Waals surface area contributed by atoms with E-state index in [0.29, 0.717) is 5.82 Å². The Morgan fingerprint density at radius 3 is 3.00 bits per heavy atom. The van der Waals surface area contributed by atoms with E-state index in [9.17, 15) is 4.79 Å². The van der Waals surface area contributed by atoms with Crippen molar-refractivity contribution >= 4 is 17.5 Å². The van der Waals surface area contributed by atoms with Crippen LogP contribution in [0.5, 0.6) is 0 Å². The molecule has 0 spiro atoms. The van der Waals surface area contributed by atoms with Crippen LogP contribution in [0.25, 0.3) is 0 Å². The largest absolute Gasteiger partial charge is 0.354 e. The molecule has 7 heteroatoms. The van der Waals surface area contributed by atoms with Crippen molar-refractivity contribution in [2.24, 2.45) is 5.84 Å². The third-order valence-corrected chi connectivity index (χ3v) is 3.31. The maximum absolute atomic E-state index is 11.1. The van der Waals surface area contributed by atoms with E-state index in [4.69, 9.17) is 5.84 Å². The highest BCUT2D eigenvalue weighted by Crippen LogP contribution is 2.26. The Morgan fingerprint density at radius 2 is 2.37 bits per heavy atom. The fraction of sp³-hybridized carbons (Fsp3) is 0.583. The summed E-state index contributed by atoms with van der Waals surface area (Å²) in [4.78, 5) is 21.7. The molecule has 104 valence electrons. The van der Waals surface area contributed by atoms with Gasteiger partial charge in [0.2, 0.25) is 5.91 Å². The van der Waals surface area contributed by atoms with Gasteiger partial charge in [-0.2, -0.15) is 0 Å². The number of hydrogen-bond acceptors (Lipinski definition) is 6. The van der Waals surface area contributed by atoms with Crippen molar-refractivity contribution in [2.75, 3.05) is 23.4 Å². The Kier molecular flexibility index (Phi) is 4.16. The van der Waals surface area contributed by atoms with Crippen LogP contribution in [0.3, 0.4) is 0 Å². The molecule has 1 amide bonds. The van der Waals surface area contributed by atoms with E-state index in [1.54, 1.807) is 6.92 Å². The molecule has 1 saturated heterocycles. The van der Waals surface area contributed by atoms with Gasteiger partial charge in [-0.05, 0) is 12.8 Å². The maximum atomic E-state index is 11.1. The van der Waals surface area contributed by atoms with E-state index in [-0.39, 0.29) is 11.9 Å². The van der Waals surface area contributed by atoms with E-state index >= 15 is 0 Å². The lowest BCUT2D eigenvalue weighted by Crippen LogP contribution is -2.36. The topological polar surface area (TPSA) is 96.2 Å². The van der Waals surface area contributed by atoms with Gasteiger partial charge in [-0.3, -0.25) is 4.79 Å². The number of carbonyl (C=O) groups is 1. The summed E-state index contributed by atoms with van der Waals surface area (Å²) in [6.45, 7) is 5.23. The average molecular weight is 264 g/mol. The van der Waals surface area contributed by atoms with E-state index in [2.05, 4.69) is 25.6 Å². The summed E-state index contributed by atoms with van der Waals surface area (Å²) in [6.07, 6.45) is 3.24. The fourth-order valence-corrected chi connectivity index (χ4v) is 2.48. The molecule has 1 aromatic rings. The molecule has 4 N–H and O–H groups in total. The minimum absolute atomic E-state index is 0.00886. The molecule has 1 fully saturated rings.